The van der Waals surface area contributed by atoms with Crippen molar-refractivity contribution in [2.45, 2.75) is 84.4 Å². The summed E-state index contributed by atoms with van der Waals surface area (Å²) in [5.74, 6) is 0.389. The van der Waals surface area contributed by atoms with Gasteiger partial charge in [-0.15, -0.1) is 0 Å². The Balaban J connectivity index is 2.48. The van der Waals surface area contributed by atoms with Crippen LogP contribution in [-0.2, 0) is 9.22 Å². The zero-order valence-electron chi connectivity index (χ0n) is 14.3. The summed E-state index contributed by atoms with van der Waals surface area (Å²) in [7, 11) is -1.63. The summed E-state index contributed by atoms with van der Waals surface area (Å²) in [4.78, 5) is 12.0. The second-order valence-electron chi connectivity index (χ2n) is 7.42. The third-order valence-corrected chi connectivity index (χ3v) is 9.45. The van der Waals surface area contributed by atoms with Gasteiger partial charge in [-0.2, -0.15) is 0 Å². The maximum atomic E-state index is 12.0. The lowest BCUT2D eigenvalue weighted by atomic mass is 9.87. The zero-order valence-corrected chi connectivity index (χ0v) is 15.3. The molecule has 0 spiro atoms. The van der Waals surface area contributed by atoms with Crippen LogP contribution in [0.5, 0.6) is 0 Å². The largest absolute Gasteiger partial charge is 0.417 e. The molecule has 0 aromatic heterocycles. The first-order valence-electron chi connectivity index (χ1n) is 8.07. The summed E-state index contributed by atoms with van der Waals surface area (Å²) in [6.45, 7) is 14.3. The lowest BCUT2D eigenvalue weighted by Gasteiger charge is -2.36. The predicted molar refractivity (Wildman–Crippen MR) is 88.6 cm³/mol. The van der Waals surface area contributed by atoms with Crippen LogP contribution in [0, 0.1) is 0 Å². The number of hydrogen-bond donors (Lipinski definition) is 0. The van der Waals surface area contributed by atoms with E-state index in [0.29, 0.717) is 5.78 Å². The van der Waals surface area contributed by atoms with Gasteiger partial charge in [-0.1, -0.05) is 33.3 Å². The van der Waals surface area contributed by atoms with Crippen LogP contribution in [-0.4, -0.2) is 20.7 Å². The average Bonchev–Trinajstić information content (AvgIpc) is 2.34. The van der Waals surface area contributed by atoms with Gasteiger partial charge >= 0.3 is 0 Å². The molecule has 0 radical (unpaired) electrons. The van der Waals surface area contributed by atoms with Gasteiger partial charge in [0.25, 0.3) is 0 Å². The van der Waals surface area contributed by atoms with E-state index in [1.165, 1.54) is 5.57 Å². The summed E-state index contributed by atoms with van der Waals surface area (Å²) in [5.41, 5.74) is 2.52. The molecular formula is C17H32O2Si. The Bertz CT molecular complexity index is 375. The molecule has 0 atom stereocenters. The first kappa shape index (κ1) is 17.6. The van der Waals surface area contributed by atoms with Crippen LogP contribution in [0.15, 0.2) is 11.1 Å². The molecule has 3 heteroatoms. The van der Waals surface area contributed by atoms with Crippen molar-refractivity contribution < 1.29 is 9.22 Å². The Labute approximate surface area is 126 Å². The topological polar surface area (TPSA) is 26.3 Å². The second kappa shape index (κ2) is 7.03. The lowest BCUT2D eigenvalue weighted by molar-refractivity contribution is -0.116. The van der Waals surface area contributed by atoms with Gasteiger partial charge < -0.3 is 4.43 Å². The number of Topliss-reactive ketones (excluding diaryl/α,β-unsaturated/α-hetero) is 1. The molecule has 0 N–H and O–H groups in total. The van der Waals surface area contributed by atoms with E-state index in [4.69, 9.17) is 4.43 Å². The standard InChI is InChI=1S/C17H32O2Si/c1-7-14-10-8-12-16(18)15(14)11-9-13-19-20(5,6)17(2,3)4/h7-13H2,1-6H3. The molecule has 0 aliphatic heterocycles. The quantitative estimate of drug-likeness (QED) is 0.494. The number of allylic oxidation sites excluding steroid dienone is 2. The van der Waals surface area contributed by atoms with Crippen LogP contribution < -0.4 is 0 Å². The number of carbonyl (C=O) groups excluding carboxylic acids is 1. The van der Waals surface area contributed by atoms with Crippen molar-refractivity contribution >= 4 is 14.1 Å². The van der Waals surface area contributed by atoms with Gasteiger partial charge in [0.1, 0.15) is 0 Å². The summed E-state index contributed by atoms with van der Waals surface area (Å²) in [6.07, 6.45) is 5.85. The minimum absolute atomic E-state index is 0.265. The van der Waals surface area contributed by atoms with Crippen molar-refractivity contribution in [3.05, 3.63) is 11.1 Å². The van der Waals surface area contributed by atoms with Crippen molar-refractivity contribution in [2.75, 3.05) is 6.61 Å². The van der Waals surface area contributed by atoms with Crippen LogP contribution in [0.1, 0.15) is 66.2 Å². The summed E-state index contributed by atoms with van der Waals surface area (Å²) in [6, 6.07) is 0. The van der Waals surface area contributed by atoms with Gasteiger partial charge in [0.05, 0.1) is 0 Å². The van der Waals surface area contributed by atoms with E-state index < -0.39 is 8.32 Å². The van der Waals surface area contributed by atoms with E-state index in [1.54, 1.807) is 0 Å². The van der Waals surface area contributed by atoms with Crippen LogP contribution in [0.4, 0.5) is 0 Å². The molecule has 0 aromatic carbocycles. The lowest BCUT2D eigenvalue weighted by Crippen LogP contribution is -2.41. The van der Waals surface area contributed by atoms with E-state index in [2.05, 4.69) is 40.8 Å². The highest BCUT2D eigenvalue weighted by Gasteiger charge is 2.36. The minimum atomic E-state index is -1.63. The minimum Gasteiger partial charge on any atom is -0.417 e. The highest BCUT2D eigenvalue weighted by Crippen LogP contribution is 2.36. The van der Waals surface area contributed by atoms with Gasteiger partial charge in [-0.05, 0) is 55.8 Å². The normalized spacial score (nSPS) is 17.8. The summed E-state index contributed by atoms with van der Waals surface area (Å²) in [5, 5.41) is 0.265. The first-order chi connectivity index (χ1) is 9.19. The van der Waals surface area contributed by atoms with Gasteiger partial charge in [0.15, 0.2) is 14.1 Å². The number of hydrogen-bond acceptors (Lipinski definition) is 2. The maximum Gasteiger partial charge on any atom is 0.191 e. The molecule has 0 heterocycles. The van der Waals surface area contributed by atoms with Gasteiger partial charge in [-0.3, -0.25) is 4.79 Å². The molecular weight excluding hydrogens is 264 g/mol. The van der Waals surface area contributed by atoms with E-state index in [9.17, 15) is 4.79 Å². The van der Waals surface area contributed by atoms with Crippen molar-refractivity contribution in [3.63, 3.8) is 0 Å². The third-order valence-electron chi connectivity index (χ3n) is 4.91. The number of rotatable bonds is 6. The average molecular weight is 297 g/mol. The van der Waals surface area contributed by atoms with Crippen molar-refractivity contribution in [2.24, 2.45) is 0 Å². The summed E-state index contributed by atoms with van der Waals surface area (Å²) < 4.78 is 6.19. The molecule has 1 aliphatic rings. The highest BCUT2D eigenvalue weighted by molar-refractivity contribution is 6.74. The fourth-order valence-electron chi connectivity index (χ4n) is 2.46. The van der Waals surface area contributed by atoms with Crippen molar-refractivity contribution in [3.8, 4) is 0 Å². The van der Waals surface area contributed by atoms with Gasteiger partial charge in [0, 0.05) is 13.0 Å². The third kappa shape index (κ3) is 4.56. The second-order valence-corrected chi connectivity index (χ2v) is 12.2. The molecule has 0 fully saturated rings. The van der Waals surface area contributed by atoms with Crippen LogP contribution in [0.2, 0.25) is 18.1 Å². The monoisotopic (exact) mass is 296 g/mol. The number of carbonyl (C=O) groups is 1. The van der Waals surface area contributed by atoms with Crippen molar-refractivity contribution in [1.29, 1.82) is 0 Å². The zero-order chi connectivity index (χ0) is 15.4. The molecule has 0 saturated carbocycles. The fraction of sp³-hybridized carbons (Fsp3) is 0.824. The highest BCUT2D eigenvalue weighted by atomic mass is 28.4. The molecule has 0 saturated heterocycles. The molecule has 1 rings (SSSR count). The Morgan fingerprint density at radius 3 is 2.40 bits per heavy atom. The van der Waals surface area contributed by atoms with E-state index in [-0.39, 0.29) is 5.04 Å². The first-order valence-corrected chi connectivity index (χ1v) is 11.0. The molecule has 116 valence electrons. The van der Waals surface area contributed by atoms with Crippen LogP contribution in [0.3, 0.4) is 0 Å². The Hall–Kier alpha value is -0.413. The maximum absolute atomic E-state index is 12.0. The van der Waals surface area contributed by atoms with Crippen LogP contribution in [0.25, 0.3) is 0 Å². The molecule has 1 aliphatic carbocycles. The van der Waals surface area contributed by atoms with Crippen LogP contribution >= 0.6 is 0 Å². The predicted octanol–water partition coefficient (Wildman–Crippen LogP) is 5.25. The van der Waals surface area contributed by atoms with Crippen molar-refractivity contribution in [1.82, 2.24) is 0 Å². The SMILES string of the molecule is CCC1=C(CCCO[Si](C)(C)C(C)(C)C)C(=O)CCC1. The Kier molecular flexibility index (Phi) is 6.20. The van der Waals surface area contributed by atoms with Gasteiger partial charge in [0.2, 0.25) is 0 Å². The number of ketones is 1. The molecule has 0 amide bonds. The molecule has 20 heavy (non-hydrogen) atoms. The summed E-state index contributed by atoms with van der Waals surface area (Å²) >= 11 is 0. The van der Waals surface area contributed by atoms with Gasteiger partial charge in [-0.25, -0.2) is 0 Å². The molecule has 0 bridgehead atoms. The Morgan fingerprint density at radius 2 is 1.85 bits per heavy atom. The van der Waals surface area contributed by atoms with E-state index in [0.717, 1.165) is 50.7 Å². The Morgan fingerprint density at radius 1 is 1.20 bits per heavy atom. The molecule has 0 unspecified atom stereocenters. The van der Waals surface area contributed by atoms with E-state index >= 15 is 0 Å². The molecule has 0 aromatic rings. The molecule has 2 nitrogen and oxygen atoms in total. The smallest absolute Gasteiger partial charge is 0.191 e. The van der Waals surface area contributed by atoms with E-state index in [1.807, 2.05) is 0 Å². The fourth-order valence-corrected chi connectivity index (χ4v) is 3.55.